The number of hydrazine groups is 1. The van der Waals surface area contributed by atoms with Gasteiger partial charge in [-0.2, -0.15) is 0 Å². The van der Waals surface area contributed by atoms with E-state index in [-0.39, 0.29) is 11.5 Å². The van der Waals surface area contributed by atoms with Crippen molar-refractivity contribution in [3.63, 3.8) is 0 Å². The van der Waals surface area contributed by atoms with Gasteiger partial charge in [0.2, 0.25) is 0 Å². The molecule has 0 bridgehead atoms. The van der Waals surface area contributed by atoms with Crippen molar-refractivity contribution >= 4 is 23.6 Å². The number of nitrogens with one attached hydrogen (secondary N) is 2. The summed E-state index contributed by atoms with van der Waals surface area (Å²) in [6.45, 7) is 3.72. The molecule has 2 aromatic rings. The van der Waals surface area contributed by atoms with Gasteiger partial charge in [0.1, 0.15) is 5.82 Å². The van der Waals surface area contributed by atoms with Gasteiger partial charge < -0.3 is 0 Å². The Balaban J connectivity index is 1.87. The van der Waals surface area contributed by atoms with Gasteiger partial charge in [-0.1, -0.05) is 29.8 Å². The summed E-state index contributed by atoms with van der Waals surface area (Å²) in [5, 5.41) is -0.404. The van der Waals surface area contributed by atoms with Crippen LogP contribution in [0.25, 0.3) is 0 Å². The van der Waals surface area contributed by atoms with E-state index in [2.05, 4.69) is 10.9 Å². The average molecular weight is 332 g/mol. The van der Waals surface area contributed by atoms with E-state index in [1.165, 1.54) is 30.0 Å². The number of aryl methyl sites for hydroxylation is 1. The van der Waals surface area contributed by atoms with Crippen molar-refractivity contribution in [3.05, 3.63) is 65.5 Å². The number of rotatable bonds is 4. The van der Waals surface area contributed by atoms with Crippen molar-refractivity contribution < 1.29 is 14.0 Å². The van der Waals surface area contributed by atoms with Crippen LogP contribution in [0.3, 0.4) is 0 Å². The molecule has 4 nitrogen and oxygen atoms in total. The molecule has 0 saturated carbocycles. The summed E-state index contributed by atoms with van der Waals surface area (Å²) in [6.07, 6.45) is 0. The maximum Gasteiger partial charge on any atom is 0.272 e. The molecule has 2 amide bonds. The van der Waals surface area contributed by atoms with Crippen LogP contribution in [0, 0.1) is 12.7 Å². The van der Waals surface area contributed by atoms with Gasteiger partial charge in [-0.25, -0.2) is 4.39 Å². The smallest absolute Gasteiger partial charge is 0.272 e. The third kappa shape index (κ3) is 4.82. The lowest BCUT2D eigenvalue weighted by Gasteiger charge is -2.13. The van der Waals surface area contributed by atoms with Crippen LogP contribution in [0.4, 0.5) is 4.39 Å². The fourth-order valence-electron chi connectivity index (χ4n) is 1.81. The Hall–Kier alpha value is -2.34. The quantitative estimate of drug-likeness (QED) is 0.668. The van der Waals surface area contributed by atoms with E-state index in [0.29, 0.717) is 0 Å². The maximum absolute atomic E-state index is 13.5. The number of carbonyl (C=O) groups excluding carboxylic acids is 2. The van der Waals surface area contributed by atoms with Crippen molar-refractivity contribution in [2.45, 2.75) is 24.0 Å². The number of thioether (sulfide) groups is 1. The van der Waals surface area contributed by atoms with Gasteiger partial charge in [0.05, 0.1) is 10.8 Å². The molecule has 0 aliphatic carbocycles. The topological polar surface area (TPSA) is 58.2 Å². The Labute approximate surface area is 138 Å². The number of hydrogen-bond donors (Lipinski definition) is 2. The van der Waals surface area contributed by atoms with E-state index in [0.717, 1.165) is 10.5 Å². The summed E-state index contributed by atoms with van der Waals surface area (Å²) in [5.41, 5.74) is 5.56. The number of benzene rings is 2. The maximum atomic E-state index is 13.5. The minimum atomic E-state index is -0.691. The molecule has 23 heavy (non-hydrogen) atoms. The standard InChI is InChI=1S/C17H17FN2O2S/c1-11-7-9-13(10-8-11)23-12(2)16(21)19-20-17(22)14-5-3-4-6-15(14)18/h3-10,12H,1-2H3,(H,19,21)(H,20,22)/t12-/m1/s1. The molecule has 0 saturated heterocycles. The molecule has 0 aromatic heterocycles. The van der Waals surface area contributed by atoms with E-state index in [1.54, 1.807) is 13.0 Å². The molecular formula is C17H17FN2O2S. The van der Waals surface area contributed by atoms with Gasteiger partial charge >= 0.3 is 0 Å². The second-order valence-electron chi connectivity index (χ2n) is 5.00. The van der Waals surface area contributed by atoms with Crippen LogP contribution in [0.1, 0.15) is 22.8 Å². The third-order valence-corrected chi connectivity index (χ3v) is 4.23. The molecule has 0 aliphatic heterocycles. The van der Waals surface area contributed by atoms with E-state index in [1.807, 2.05) is 31.2 Å². The van der Waals surface area contributed by atoms with Crippen molar-refractivity contribution in [1.29, 1.82) is 0 Å². The minimum Gasteiger partial charge on any atom is -0.272 e. The van der Waals surface area contributed by atoms with Gasteiger partial charge in [-0.3, -0.25) is 20.4 Å². The van der Waals surface area contributed by atoms with Crippen molar-refractivity contribution in [2.75, 3.05) is 0 Å². The van der Waals surface area contributed by atoms with Crippen LogP contribution in [-0.4, -0.2) is 17.1 Å². The highest BCUT2D eigenvalue weighted by molar-refractivity contribution is 8.00. The summed E-state index contributed by atoms with van der Waals surface area (Å²) < 4.78 is 13.5. The second-order valence-corrected chi connectivity index (χ2v) is 6.41. The van der Waals surface area contributed by atoms with E-state index in [4.69, 9.17) is 0 Å². The summed E-state index contributed by atoms with van der Waals surface area (Å²) in [6, 6.07) is 13.4. The zero-order valence-corrected chi connectivity index (χ0v) is 13.6. The van der Waals surface area contributed by atoms with Gasteiger partial charge in [-0.05, 0) is 38.1 Å². The lowest BCUT2D eigenvalue weighted by atomic mass is 10.2. The predicted molar refractivity (Wildman–Crippen MR) is 88.5 cm³/mol. The van der Waals surface area contributed by atoms with E-state index in [9.17, 15) is 14.0 Å². The zero-order valence-electron chi connectivity index (χ0n) is 12.8. The van der Waals surface area contributed by atoms with Crippen LogP contribution in [0.5, 0.6) is 0 Å². The van der Waals surface area contributed by atoms with Gasteiger partial charge in [0.15, 0.2) is 0 Å². The number of halogens is 1. The second kappa shape index (κ2) is 7.78. The van der Waals surface area contributed by atoms with Gasteiger partial charge in [0, 0.05) is 4.90 Å². The minimum absolute atomic E-state index is 0.119. The number of amides is 2. The molecule has 0 fully saturated rings. The number of carbonyl (C=O) groups is 2. The molecule has 6 heteroatoms. The van der Waals surface area contributed by atoms with Gasteiger partial charge in [-0.15, -0.1) is 11.8 Å². The highest BCUT2D eigenvalue weighted by Gasteiger charge is 2.16. The fourth-order valence-corrected chi connectivity index (χ4v) is 2.67. The number of hydrogen-bond acceptors (Lipinski definition) is 3. The van der Waals surface area contributed by atoms with Crippen molar-refractivity contribution in [2.24, 2.45) is 0 Å². The first kappa shape index (κ1) is 17.0. The first-order chi connectivity index (χ1) is 11.0. The molecular weight excluding hydrogens is 315 g/mol. The molecule has 2 N–H and O–H groups in total. The molecule has 120 valence electrons. The Morgan fingerprint density at radius 2 is 1.70 bits per heavy atom. The highest BCUT2D eigenvalue weighted by atomic mass is 32.2. The van der Waals surface area contributed by atoms with Crippen LogP contribution >= 0.6 is 11.8 Å². The molecule has 1 atom stereocenters. The lowest BCUT2D eigenvalue weighted by molar-refractivity contribution is -0.121. The van der Waals surface area contributed by atoms with Crippen LogP contribution in [0.2, 0.25) is 0 Å². The Bertz CT molecular complexity index is 704. The summed E-state index contributed by atoms with van der Waals surface area (Å²) in [4.78, 5) is 24.8. The Kier molecular flexibility index (Phi) is 5.76. The average Bonchev–Trinajstić information content (AvgIpc) is 2.54. The molecule has 0 spiro atoms. The molecule has 2 rings (SSSR count). The van der Waals surface area contributed by atoms with E-state index < -0.39 is 17.0 Å². The van der Waals surface area contributed by atoms with Crippen molar-refractivity contribution in [1.82, 2.24) is 10.9 Å². The Morgan fingerprint density at radius 3 is 2.35 bits per heavy atom. The fraction of sp³-hybridized carbons (Fsp3) is 0.176. The van der Waals surface area contributed by atoms with Crippen LogP contribution < -0.4 is 10.9 Å². The molecule has 2 aromatic carbocycles. The van der Waals surface area contributed by atoms with Crippen molar-refractivity contribution in [3.8, 4) is 0 Å². The molecule has 0 radical (unpaired) electrons. The highest BCUT2D eigenvalue weighted by Crippen LogP contribution is 2.23. The lowest BCUT2D eigenvalue weighted by Crippen LogP contribution is -2.45. The van der Waals surface area contributed by atoms with Gasteiger partial charge in [0.25, 0.3) is 11.8 Å². The van der Waals surface area contributed by atoms with E-state index >= 15 is 0 Å². The predicted octanol–water partition coefficient (Wildman–Crippen LogP) is 3.08. The SMILES string of the molecule is Cc1ccc(S[C@H](C)C(=O)NNC(=O)c2ccccc2F)cc1. The summed E-state index contributed by atoms with van der Waals surface area (Å²) in [5.74, 6) is -1.69. The Morgan fingerprint density at radius 1 is 1.04 bits per heavy atom. The normalized spacial score (nSPS) is 11.6. The third-order valence-electron chi connectivity index (χ3n) is 3.12. The largest absolute Gasteiger partial charge is 0.272 e. The monoisotopic (exact) mass is 332 g/mol. The molecule has 0 heterocycles. The summed E-state index contributed by atoms with van der Waals surface area (Å²) >= 11 is 1.37. The molecule has 0 aliphatic rings. The van der Waals surface area contributed by atoms with Crippen LogP contribution in [-0.2, 0) is 4.79 Å². The first-order valence-corrected chi connectivity index (χ1v) is 7.93. The zero-order chi connectivity index (χ0) is 16.8. The summed E-state index contributed by atoms with van der Waals surface area (Å²) in [7, 11) is 0. The molecule has 0 unspecified atom stereocenters. The van der Waals surface area contributed by atoms with Crippen LogP contribution in [0.15, 0.2) is 53.4 Å². The first-order valence-electron chi connectivity index (χ1n) is 7.05.